The van der Waals surface area contributed by atoms with Crippen LogP contribution in [0.4, 0.5) is 0 Å². The predicted octanol–water partition coefficient (Wildman–Crippen LogP) is 6.90. The highest BCUT2D eigenvalue weighted by Crippen LogP contribution is 2.34. The van der Waals surface area contributed by atoms with E-state index in [1.54, 1.807) is 6.08 Å². The molecule has 0 heterocycles. The van der Waals surface area contributed by atoms with Crippen LogP contribution in [0.15, 0.2) is 115 Å². The van der Waals surface area contributed by atoms with Gasteiger partial charge in [-0.2, -0.15) is 0 Å². The lowest BCUT2D eigenvalue weighted by molar-refractivity contribution is -0.128. The van der Waals surface area contributed by atoms with Crippen LogP contribution in [0.5, 0.6) is 11.5 Å². The minimum absolute atomic E-state index is 0.391. The lowest BCUT2D eigenvalue weighted by Crippen LogP contribution is -2.15. The zero-order valence-corrected chi connectivity index (χ0v) is 20.2. The summed E-state index contributed by atoms with van der Waals surface area (Å²) in [5, 5.41) is 7.40. The Hall–Kier alpha value is -4.15. The molecule has 5 rings (SSSR count). The van der Waals surface area contributed by atoms with E-state index in [2.05, 4.69) is 41.7 Å². The topological polar surface area (TPSA) is 47.6 Å². The molecule has 0 aliphatic heterocycles. The second-order valence-electron chi connectivity index (χ2n) is 8.81. The highest BCUT2D eigenvalue weighted by molar-refractivity contribution is 6.07. The molecule has 4 aromatic rings. The molecule has 0 radical (unpaired) electrons. The lowest BCUT2D eigenvalue weighted by Gasteiger charge is -2.10. The summed E-state index contributed by atoms with van der Waals surface area (Å²) >= 11 is 0. The van der Waals surface area contributed by atoms with Gasteiger partial charge < -0.3 is 14.8 Å². The van der Waals surface area contributed by atoms with Crippen LogP contribution in [0, 0.1) is 0 Å². The first-order chi connectivity index (χ1) is 17.8. The summed E-state index contributed by atoms with van der Waals surface area (Å²) in [4.78, 5) is 12.6. The Morgan fingerprint density at radius 3 is 2.31 bits per heavy atom. The van der Waals surface area contributed by atoms with Gasteiger partial charge in [-0.15, -0.1) is 0 Å². The molecule has 1 N–H and O–H groups in total. The van der Waals surface area contributed by atoms with Crippen LogP contribution in [0.1, 0.15) is 18.4 Å². The quantitative estimate of drug-likeness (QED) is 0.0891. The second-order valence-corrected chi connectivity index (χ2v) is 8.81. The van der Waals surface area contributed by atoms with Crippen molar-refractivity contribution in [2.45, 2.75) is 19.4 Å². The van der Waals surface area contributed by atoms with Gasteiger partial charge in [0.05, 0.1) is 6.61 Å². The van der Waals surface area contributed by atoms with Crippen molar-refractivity contribution in [3.8, 4) is 11.5 Å². The predicted molar refractivity (Wildman–Crippen MR) is 146 cm³/mol. The van der Waals surface area contributed by atoms with Crippen LogP contribution >= 0.6 is 0 Å². The number of hydrogen-bond donors (Lipinski definition) is 1. The van der Waals surface area contributed by atoms with Crippen LogP contribution in [0.2, 0.25) is 0 Å². The molecule has 0 saturated carbocycles. The van der Waals surface area contributed by atoms with Crippen LogP contribution in [-0.4, -0.2) is 19.1 Å². The van der Waals surface area contributed by atoms with Crippen molar-refractivity contribution in [2.75, 3.05) is 13.2 Å². The highest BCUT2D eigenvalue weighted by atomic mass is 16.5. The Morgan fingerprint density at radius 1 is 0.889 bits per heavy atom. The van der Waals surface area contributed by atoms with E-state index in [0.717, 1.165) is 46.8 Å². The maximum atomic E-state index is 12.6. The van der Waals surface area contributed by atoms with E-state index in [-0.39, 0.29) is 0 Å². The van der Waals surface area contributed by atoms with Crippen LogP contribution < -0.4 is 14.8 Å². The van der Waals surface area contributed by atoms with Crippen LogP contribution in [0.3, 0.4) is 0 Å². The summed E-state index contributed by atoms with van der Waals surface area (Å²) in [7, 11) is 0. The molecule has 0 bridgehead atoms. The first-order valence-electron chi connectivity index (χ1n) is 12.3. The number of hydrogen-bond acceptors (Lipinski definition) is 4. The summed E-state index contributed by atoms with van der Waals surface area (Å²) in [6.07, 6.45) is 11.4. The summed E-state index contributed by atoms with van der Waals surface area (Å²) < 4.78 is 11.6. The molecule has 0 aromatic heterocycles. The third-order valence-electron chi connectivity index (χ3n) is 6.18. The van der Waals surface area contributed by atoms with Crippen molar-refractivity contribution >= 4 is 27.5 Å². The zero-order chi connectivity index (χ0) is 24.6. The van der Waals surface area contributed by atoms with E-state index in [0.29, 0.717) is 18.8 Å². The maximum Gasteiger partial charge on any atom is 0.335 e. The van der Waals surface area contributed by atoms with Gasteiger partial charge in [-0.05, 0) is 47.4 Å². The molecule has 4 aromatic carbocycles. The minimum Gasteiger partial charge on any atom is -0.493 e. The van der Waals surface area contributed by atoms with Gasteiger partial charge in [-0.25, -0.2) is 4.79 Å². The average molecular weight is 476 g/mol. The second kappa shape index (κ2) is 11.5. The first-order valence-corrected chi connectivity index (χ1v) is 12.3. The van der Waals surface area contributed by atoms with E-state index >= 15 is 0 Å². The number of carbonyl (C=O) groups excluding carboxylic acids is 1. The number of ether oxygens (including phenoxy) is 2. The Kier molecular flexibility index (Phi) is 7.55. The summed E-state index contributed by atoms with van der Waals surface area (Å²) in [5.41, 5.74) is 2.63. The molecule has 180 valence electrons. The van der Waals surface area contributed by atoms with Crippen molar-refractivity contribution < 1.29 is 14.3 Å². The fourth-order valence-corrected chi connectivity index (χ4v) is 4.33. The van der Waals surface area contributed by atoms with Gasteiger partial charge in [0.25, 0.3) is 0 Å². The largest absolute Gasteiger partial charge is 0.493 e. The van der Waals surface area contributed by atoms with Gasteiger partial charge >= 0.3 is 5.97 Å². The molecule has 0 saturated heterocycles. The third-order valence-corrected chi connectivity index (χ3v) is 6.18. The van der Waals surface area contributed by atoms with Crippen molar-refractivity contribution in [1.29, 1.82) is 0 Å². The van der Waals surface area contributed by atoms with Gasteiger partial charge in [-0.3, -0.25) is 0 Å². The average Bonchev–Trinajstić information content (AvgIpc) is 3.43. The molecule has 36 heavy (non-hydrogen) atoms. The smallest absolute Gasteiger partial charge is 0.335 e. The Labute approximate surface area is 211 Å². The number of carbonyl (C=O) groups is 1. The third kappa shape index (κ3) is 5.91. The Balaban J connectivity index is 1.10. The first kappa shape index (κ1) is 23.6. The van der Waals surface area contributed by atoms with Gasteiger partial charge in [0.2, 0.25) is 0 Å². The number of nitrogens with one attached hydrogen (secondary N) is 1. The van der Waals surface area contributed by atoms with Crippen molar-refractivity contribution in [1.82, 2.24) is 5.32 Å². The van der Waals surface area contributed by atoms with E-state index < -0.39 is 5.97 Å². The van der Waals surface area contributed by atoms with Gasteiger partial charge in [0.15, 0.2) is 0 Å². The van der Waals surface area contributed by atoms with E-state index in [1.165, 1.54) is 17.2 Å². The molecule has 1 aliphatic carbocycles. The van der Waals surface area contributed by atoms with Crippen molar-refractivity contribution in [2.24, 2.45) is 0 Å². The fourth-order valence-electron chi connectivity index (χ4n) is 4.33. The van der Waals surface area contributed by atoms with Crippen molar-refractivity contribution in [3.63, 3.8) is 0 Å². The summed E-state index contributed by atoms with van der Waals surface area (Å²) in [6.45, 7) is 2.23. The zero-order valence-electron chi connectivity index (χ0n) is 20.2. The van der Waals surface area contributed by atoms with E-state index in [4.69, 9.17) is 9.47 Å². The lowest BCUT2D eigenvalue weighted by atomic mass is 10.0. The molecule has 1 aliphatic rings. The number of esters is 1. The van der Waals surface area contributed by atoms with E-state index in [9.17, 15) is 4.79 Å². The molecule has 4 nitrogen and oxygen atoms in total. The SMILES string of the molecule is O=C(/C=C/CCOc1ccc(CNCC2=CC=CC2)cc1)Oc1c2ccccc2cc2ccccc12. The molecule has 0 amide bonds. The minimum atomic E-state index is -0.391. The number of allylic oxidation sites excluding steroid dienone is 3. The van der Waals surface area contributed by atoms with Crippen LogP contribution in [0.25, 0.3) is 21.5 Å². The Morgan fingerprint density at radius 2 is 1.61 bits per heavy atom. The monoisotopic (exact) mass is 475 g/mol. The van der Waals surface area contributed by atoms with Crippen LogP contribution in [-0.2, 0) is 11.3 Å². The number of benzene rings is 4. The van der Waals surface area contributed by atoms with E-state index in [1.807, 2.05) is 60.7 Å². The number of fused-ring (bicyclic) bond motifs is 2. The Bertz CT molecular complexity index is 1390. The van der Waals surface area contributed by atoms with Crippen molar-refractivity contribution in [3.05, 3.63) is 120 Å². The molecule has 0 atom stereocenters. The normalized spacial score (nSPS) is 12.9. The molecule has 0 fully saturated rings. The maximum absolute atomic E-state index is 12.6. The highest BCUT2D eigenvalue weighted by Gasteiger charge is 2.11. The summed E-state index contributed by atoms with van der Waals surface area (Å²) in [5.74, 6) is 1.03. The van der Waals surface area contributed by atoms with Gasteiger partial charge in [-0.1, -0.05) is 90.5 Å². The molecular weight excluding hydrogens is 446 g/mol. The fraction of sp³-hybridized carbons (Fsp3) is 0.156. The molecule has 0 spiro atoms. The molecule has 0 unspecified atom stereocenters. The number of rotatable bonds is 10. The summed E-state index contributed by atoms with van der Waals surface area (Å²) in [6, 6.07) is 26.1. The van der Waals surface area contributed by atoms with Gasteiger partial charge in [0, 0.05) is 29.9 Å². The standard InChI is InChI=1S/C32H29NO3/c34-31(36-32-29-13-5-3-11-26(29)21-27-12-4-6-14-30(27)32)15-7-8-20-35-28-18-16-25(17-19-28)23-33-22-24-9-1-2-10-24/h1-7,9,11-19,21,33H,8,10,20,22-23H2/b15-7+. The molecule has 4 heteroatoms. The molecular formula is C32H29NO3. The van der Waals surface area contributed by atoms with Gasteiger partial charge in [0.1, 0.15) is 11.5 Å².